The second-order valence-corrected chi connectivity index (χ2v) is 4.71. The van der Waals surface area contributed by atoms with Gasteiger partial charge >= 0.3 is 0 Å². The second-order valence-electron chi connectivity index (χ2n) is 4.71. The molecule has 0 heterocycles. The fraction of sp³-hybridized carbons (Fsp3) is 0.222. The number of unbranched alkanes of at least 4 members (excludes halogenated alkanes) is 1. The van der Waals surface area contributed by atoms with Gasteiger partial charge in [-0.05, 0) is 30.5 Å². The van der Waals surface area contributed by atoms with Crippen molar-refractivity contribution in [3.05, 3.63) is 60.2 Å². The Kier molecular flexibility index (Phi) is 5.71. The maximum atomic E-state index is 5.72. The molecule has 0 amide bonds. The van der Waals surface area contributed by atoms with Crippen LogP contribution in [0.1, 0.15) is 18.4 Å². The Morgan fingerprint density at radius 3 is 2.62 bits per heavy atom. The van der Waals surface area contributed by atoms with Crippen molar-refractivity contribution in [2.45, 2.75) is 12.8 Å². The number of hydrogen-bond donors (Lipinski definition) is 1. The molecule has 0 fully saturated rings. The minimum Gasteiger partial charge on any atom is -0.493 e. The number of allylic oxidation sites excluding steroid dienone is 1. The monoisotopic (exact) mass is 283 g/mol. The zero-order valence-corrected chi connectivity index (χ0v) is 12.3. The number of rotatable bonds is 7. The van der Waals surface area contributed by atoms with Crippen LogP contribution in [0.4, 0.5) is 5.69 Å². The number of hydrogen-bond acceptors (Lipinski definition) is 3. The maximum absolute atomic E-state index is 5.72. The third-order valence-electron chi connectivity index (χ3n) is 3.07. The lowest BCUT2D eigenvalue weighted by atomic mass is 10.2. The van der Waals surface area contributed by atoms with E-state index in [-0.39, 0.29) is 0 Å². The van der Waals surface area contributed by atoms with Gasteiger partial charge in [-0.3, -0.25) is 0 Å². The van der Waals surface area contributed by atoms with Gasteiger partial charge in [0, 0.05) is 11.8 Å². The topological polar surface area (TPSA) is 44.5 Å². The molecule has 0 aromatic heterocycles. The van der Waals surface area contributed by atoms with Crippen molar-refractivity contribution in [1.29, 1.82) is 0 Å². The average Bonchev–Trinajstić information content (AvgIpc) is 2.52. The summed E-state index contributed by atoms with van der Waals surface area (Å²) in [5.74, 6) is 1.41. The molecule has 2 aromatic rings. The fourth-order valence-electron chi connectivity index (χ4n) is 1.97. The minimum absolute atomic E-state index is 0.652. The lowest BCUT2D eigenvalue weighted by Gasteiger charge is -2.10. The van der Waals surface area contributed by atoms with Crippen molar-refractivity contribution in [2.75, 3.05) is 19.5 Å². The minimum atomic E-state index is 0.652. The highest BCUT2D eigenvalue weighted by Gasteiger charge is 2.03. The molecule has 0 saturated heterocycles. The lowest BCUT2D eigenvalue weighted by molar-refractivity contribution is 0.290. The molecule has 0 bridgehead atoms. The van der Waals surface area contributed by atoms with Crippen LogP contribution >= 0.6 is 0 Å². The molecule has 0 radical (unpaired) electrons. The number of anilines is 1. The molecule has 0 atom stereocenters. The van der Waals surface area contributed by atoms with E-state index in [1.807, 2.05) is 30.3 Å². The normalized spacial score (nSPS) is 10.7. The molecule has 0 saturated carbocycles. The van der Waals surface area contributed by atoms with Crippen molar-refractivity contribution in [3.63, 3.8) is 0 Å². The third kappa shape index (κ3) is 4.88. The van der Waals surface area contributed by atoms with E-state index < -0.39 is 0 Å². The summed E-state index contributed by atoms with van der Waals surface area (Å²) >= 11 is 0. The predicted molar refractivity (Wildman–Crippen MR) is 87.6 cm³/mol. The maximum Gasteiger partial charge on any atom is 0.162 e. The Balaban J connectivity index is 1.74. The lowest BCUT2D eigenvalue weighted by Crippen LogP contribution is -1.99. The number of nitrogens with two attached hydrogens (primary N) is 1. The Bertz CT molecular complexity index is 579. The summed E-state index contributed by atoms with van der Waals surface area (Å²) in [6, 6.07) is 15.7. The van der Waals surface area contributed by atoms with E-state index in [0.29, 0.717) is 18.0 Å². The molecule has 0 aliphatic carbocycles. The van der Waals surface area contributed by atoms with Gasteiger partial charge in [0.2, 0.25) is 0 Å². The van der Waals surface area contributed by atoms with Crippen LogP contribution in [0.15, 0.2) is 54.6 Å². The van der Waals surface area contributed by atoms with Gasteiger partial charge in [-0.1, -0.05) is 42.5 Å². The van der Waals surface area contributed by atoms with Crippen LogP contribution in [-0.2, 0) is 0 Å². The van der Waals surface area contributed by atoms with Crippen LogP contribution < -0.4 is 15.2 Å². The smallest absolute Gasteiger partial charge is 0.162 e. The van der Waals surface area contributed by atoms with Crippen molar-refractivity contribution in [3.8, 4) is 11.5 Å². The van der Waals surface area contributed by atoms with Crippen LogP contribution in [0.5, 0.6) is 11.5 Å². The zero-order valence-electron chi connectivity index (χ0n) is 12.3. The van der Waals surface area contributed by atoms with Gasteiger partial charge in [0.15, 0.2) is 11.5 Å². The van der Waals surface area contributed by atoms with Crippen LogP contribution in [0.2, 0.25) is 0 Å². The fourth-order valence-corrected chi connectivity index (χ4v) is 1.97. The molecule has 0 aliphatic heterocycles. The largest absolute Gasteiger partial charge is 0.493 e. The summed E-state index contributed by atoms with van der Waals surface area (Å²) in [5, 5.41) is 0. The summed E-state index contributed by atoms with van der Waals surface area (Å²) < 4.78 is 11.0. The first kappa shape index (κ1) is 15.0. The number of benzene rings is 2. The third-order valence-corrected chi connectivity index (χ3v) is 3.07. The molecule has 110 valence electrons. The van der Waals surface area contributed by atoms with E-state index in [0.717, 1.165) is 18.6 Å². The van der Waals surface area contributed by atoms with E-state index in [2.05, 4.69) is 24.3 Å². The molecule has 0 unspecified atom stereocenters. The molecule has 2 rings (SSSR count). The first-order valence-corrected chi connectivity index (χ1v) is 7.07. The predicted octanol–water partition coefficient (Wildman–Crippen LogP) is 4.15. The van der Waals surface area contributed by atoms with Crippen LogP contribution in [0, 0.1) is 0 Å². The highest BCUT2D eigenvalue weighted by Crippen LogP contribution is 2.29. The quantitative estimate of drug-likeness (QED) is 0.613. The molecule has 0 spiro atoms. The summed E-state index contributed by atoms with van der Waals surface area (Å²) in [4.78, 5) is 0. The Labute approximate surface area is 126 Å². The summed E-state index contributed by atoms with van der Waals surface area (Å²) in [7, 11) is 1.62. The van der Waals surface area contributed by atoms with Crippen LogP contribution in [0.25, 0.3) is 6.08 Å². The molecule has 0 aliphatic rings. The van der Waals surface area contributed by atoms with Gasteiger partial charge in [-0.2, -0.15) is 0 Å². The van der Waals surface area contributed by atoms with E-state index in [9.17, 15) is 0 Å². The van der Waals surface area contributed by atoms with Crippen molar-refractivity contribution in [1.82, 2.24) is 0 Å². The van der Waals surface area contributed by atoms with E-state index in [1.165, 1.54) is 5.56 Å². The number of methoxy groups -OCH3 is 1. The number of nitrogen functional groups attached to an aromatic ring is 1. The molecule has 3 nitrogen and oxygen atoms in total. The Morgan fingerprint density at radius 2 is 1.86 bits per heavy atom. The Morgan fingerprint density at radius 1 is 1.05 bits per heavy atom. The number of ether oxygens (including phenoxy) is 2. The van der Waals surface area contributed by atoms with Crippen LogP contribution in [0.3, 0.4) is 0 Å². The highest BCUT2D eigenvalue weighted by molar-refractivity contribution is 5.52. The van der Waals surface area contributed by atoms with Gasteiger partial charge in [0.05, 0.1) is 13.7 Å². The van der Waals surface area contributed by atoms with Gasteiger partial charge in [0.25, 0.3) is 0 Å². The molecule has 21 heavy (non-hydrogen) atoms. The first-order chi connectivity index (χ1) is 10.3. The molecular weight excluding hydrogens is 262 g/mol. The summed E-state index contributed by atoms with van der Waals surface area (Å²) in [6.45, 7) is 0.652. The summed E-state index contributed by atoms with van der Waals surface area (Å²) in [6.07, 6.45) is 6.23. The van der Waals surface area contributed by atoms with Crippen molar-refractivity contribution < 1.29 is 9.47 Å². The van der Waals surface area contributed by atoms with Gasteiger partial charge < -0.3 is 15.2 Å². The molecule has 3 heteroatoms. The van der Waals surface area contributed by atoms with Crippen molar-refractivity contribution in [2.24, 2.45) is 0 Å². The summed E-state index contributed by atoms with van der Waals surface area (Å²) in [5.41, 5.74) is 7.60. The molecule has 2 aromatic carbocycles. The van der Waals surface area contributed by atoms with Gasteiger partial charge in [0.1, 0.15) is 0 Å². The Hall–Kier alpha value is -2.42. The van der Waals surface area contributed by atoms with Gasteiger partial charge in [-0.15, -0.1) is 0 Å². The van der Waals surface area contributed by atoms with Gasteiger partial charge in [-0.25, -0.2) is 0 Å². The SMILES string of the molecule is COc1cc(N)ccc1OCCC/C=C\c1ccccc1. The van der Waals surface area contributed by atoms with E-state index >= 15 is 0 Å². The molecule has 2 N–H and O–H groups in total. The second kappa shape index (κ2) is 8.00. The van der Waals surface area contributed by atoms with Crippen LogP contribution in [-0.4, -0.2) is 13.7 Å². The zero-order chi connectivity index (χ0) is 14.9. The first-order valence-electron chi connectivity index (χ1n) is 7.07. The molecular formula is C18H21NO2. The highest BCUT2D eigenvalue weighted by atomic mass is 16.5. The van der Waals surface area contributed by atoms with Crippen molar-refractivity contribution >= 4 is 11.8 Å². The average molecular weight is 283 g/mol. The van der Waals surface area contributed by atoms with E-state index in [4.69, 9.17) is 15.2 Å². The van der Waals surface area contributed by atoms with E-state index in [1.54, 1.807) is 13.2 Å². The standard InChI is InChI=1S/C18H21NO2/c1-20-18-14-16(19)11-12-17(18)21-13-7-3-6-10-15-8-4-2-5-9-15/h2,4-6,8-12,14H,3,7,13,19H2,1H3/b10-6-.